The van der Waals surface area contributed by atoms with E-state index in [1.165, 1.54) is 23.1 Å². The van der Waals surface area contributed by atoms with Gasteiger partial charge in [-0.15, -0.1) is 0 Å². The summed E-state index contributed by atoms with van der Waals surface area (Å²) in [5.41, 5.74) is 6.24. The molecule has 0 aromatic heterocycles. The maximum Gasteiger partial charge on any atom is 0.127 e. The van der Waals surface area contributed by atoms with Crippen LogP contribution in [0, 0.1) is 17.7 Å². The Bertz CT molecular complexity index is 1010. The van der Waals surface area contributed by atoms with Gasteiger partial charge in [-0.25, -0.2) is 4.39 Å². The Morgan fingerprint density at radius 3 is 2.57 bits per heavy atom. The van der Waals surface area contributed by atoms with Crippen LogP contribution in [0.4, 0.5) is 4.39 Å². The van der Waals surface area contributed by atoms with Crippen molar-refractivity contribution in [1.29, 1.82) is 0 Å². The van der Waals surface area contributed by atoms with Gasteiger partial charge in [0.05, 0.1) is 6.04 Å². The second kappa shape index (κ2) is 7.47. The maximum atomic E-state index is 15.0. The largest absolute Gasteiger partial charge is 0.381 e. The highest BCUT2D eigenvalue weighted by Crippen LogP contribution is 2.53. The van der Waals surface area contributed by atoms with Crippen LogP contribution in [0.3, 0.4) is 0 Å². The fourth-order valence-electron chi connectivity index (χ4n) is 5.76. The Balaban J connectivity index is 1.33. The Morgan fingerprint density at radius 1 is 1.00 bits per heavy atom. The van der Waals surface area contributed by atoms with Crippen molar-refractivity contribution in [2.45, 2.75) is 44.3 Å². The molecular formula is C27H28FNO. The molecule has 4 aliphatic rings. The van der Waals surface area contributed by atoms with E-state index in [1.807, 2.05) is 6.07 Å². The van der Waals surface area contributed by atoms with Crippen molar-refractivity contribution >= 4 is 0 Å². The summed E-state index contributed by atoms with van der Waals surface area (Å²) >= 11 is 0. The minimum absolute atomic E-state index is 0.0270. The molecule has 2 aliphatic carbocycles. The normalized spacial score (nSPS) is 26.8. The lowest BCUT2D eigenvalue weighted by atomic mass is 9.89. The topological polar surface area (TPSA) is 12.5 Å². The third-order valence-corrected chi connectivity index (χ3v) is 7.44. The lowest BCUT2D eigenvalue weighted by molar-refractivity contribution is 0.0846. The van der Waals surface area contributed by atoms with Crippen molar-refractivity contribution < 1.29 is 9.13 Å². The Kier molecular flexibility index (Phi) is 4.62. The summed E-state index contributed by atoms with van der Waals surface area (Å²) in [6, 6.07) is 15.1. The Hall–Kier alpha value is -2.23. The highest BCUT2D eigenvalue weighted by atomic mass is 19.1. The molecule has 3 unspecified atom stereocenters. The Morgan fingerprint density at radius 2 is 1.77 bits per heavy atom. The summed E-state index contributed by atoms with van der Waals surface area (Å²) in [5.74, 6) is 1.67. The van der Waals surface area contributed by atoms with E-state index >= 15 is 4.39 Å². The summed E-state index contributed by atoms with van der Waals surface area (Å²) < 4.78 is 20.5. The molecular weight excluding hydrogens is 373 g/mol. The zero-order chi connectivity index (χ0) is 20.1. The molecule has 2 aromatic carbocycles. The van der Waals surface area contributed by atoms with E-state index in [9.17, 15) is 0 Å². The number of hydrogen-bond acceptors (Lipinski definition) is 2. The summed E-state index contributed by atoms with van der Waals surface area (Å²) in [5, 5.41) is 0. The van der Waals surface area contributed by atoms with E-state index in [0.29, 0.717) is 11.8 Å². The molecule has 2 nitrogen and oxygen atoms in total. The number of allylic oxidation sites excluding steroid dienone is 3. The molecule has 3 heteroatoms. The third-order valence-electron chi connectivity index (χ3n) is 7.44. The van der Waals surface area contributed by atoms with Crippen LogP contribution < -0.4 is 0 Å². The van der Waals surface area contributed by atoms with E-state index in [4.69, 9.17) is 4.74 Å². The zero-order valence-corrected chi connectivity index (χ0v) is 17.3. The van der Waals surface area contributed by atoms with Gasteiger partial charge in [0, 0.05) is 26.3 Å². The van der Waals surface area contributed by atoms with Crippen molar-refractivity contribution in [1.82, 2.24) is 4.90 Å². The van der Waals surface area contributed by atoms with Crippen LogP contribution in [-0.2, 0) is 17.8 Å². The first-order chi connectivity index (χ1) is 14.8. The number of hydrogen-bond donors (Lipinski definition) is 0. The summed E-state index contributed by atoms with van der Waals surface area (Å²) in [4.78, 5) is 2.55. The molecule has 3 atom stereocenters. The van der Waals surface area contributed by atoms with Crippen molar-refractivity contribution in [3.63, 3.8) is 0 Å². The quantitative estimate of drug-likeness (QED) is 0.632. The zero-order valence-electron chi connectivity index (χ0n) is 17.3. The molecule has 2 heterocycles. The maximum absolute atomic E-state index is 15.0. The van der Waals surface area contributed by atoms with Crippen molar-refractivity contribution in [2.24, 2.45) is 11.8 Å². The standard InChI is InChI=1S/C27H28FNO/c28-26-15-22-17-29(16-21(22)14-25(26)18-9-11-30-12-10-18)27(19-5-2-1-3-6-19)23-8-4-7-20-13-24(20)23/h1-8,14-15,18,20,24,27H,9-13,16-17H2. The van der Waals surface area contributed by atoms with Crippen LogP contribution in [0.25, 0.3) is 0 Å². The predicted molar refractivity (Wildman–Crippen MR) is 116 cm³/mol. The fraction of sp³-hybridized carbons (Fsp3) is 0.407. The number of halogens is 1. The first-order valence-corrected chi connectivity index (χ1v) is 11.3. The molecule has 30 heavy (non-hydrogen) atoms. The summed E-state index contributed by atoms with van der Waals surface area (Å²) in [7, 11) is 0. The van der Waals surface area contributed by atoms with E-state index in [1.54, 1.807) is 0 Å². The summed E-state index contributed by atoms with van der Waals surface area (Å²) in [6.07, 6.45) is 10.1. The van der Waals surface area contributed by atoms with Gasteiger partial charge in [-0.2, -0.15) is 0 Å². The van der Waals surface area contributed by atoms with E-state index in [-0.39, 0.29) is 11.9 Å². The van der Waals surface area contributed by atoms with Gasteiger partial charge in [0.25, 0.3) is 0 Å². The monoisotopic (exact) mass is 401 g/mol. The van der Waals surface area contributed by atoms with Gasteiger partial charge in [-0.05, 0) is 70.9 Å². The van der Waals surface area contributed by atoms with E-state index in [2.05, 4.69) is 59.5 Å². The minimum Gasteiger partial charge on any atom is -0.381 e. The van der Waals surface area contributed by atoms with Gasteiger partial charge >= 0.3 is 0 Å². The number of nitrogens with zero attached hydrogens (tertiary/aromatic N) is 1. The van der Waals surface area contributed by atoms with Crippen LogP contribution in [0.2, 0.25) is 0 Å². The van der Waals surface area contributed by atoms with Gasteiger partial charge < -0.3 is 4.74 Å². The second-order valence-electron chi connectivity index (χ2n) is 9.30. The number of fused-ring (bicyclic) bond motifs is 2. The lowest BCUT2D eigenvalue weighted by Crippen LogP contribution is -2.26. The predicted octanol–water partition coefficient (Wildman–Crippen LogP) is 5.91. The first-order valence-electron chi connectivity index (χ1n) is 11.3. The van der Waals surface area contributed by atoms with E-state index in [0.717, 1.165) is 56.2 Å². The molecule has 0 spiro atoms. The van der Waals surface area contributed by atoms with Gasteiger partial charge in [0.1, 0.15) is 5.82 Å². The van der Waals surface area contributed by atoms with Crippen LogP contribution in [0.1, 0.15) is 53.5 Å². The van der Waals surface area contributed by atoms with Gasteiger partial charge in [-0.1, -0.05) is 54.6 Å². The van der Waals surface area contributed by atoms with Crippen LogP contribution in [0.5, 0.6) is 0 Å². The highest BCUT2D eigenvalue weighted by molar-refractivity contribution is 5.42. The molecule has 1 saturated carbocycles. The van der Waals surface area contributed by atoms with Crippen LogP contribution in [0.15, 0.2) is 66.3 Å². The average molecular weight is 402 g/mol. The molecule has 154 valence electrons. The highest BCUT2D eigenvalue weighted by Gasteiger charge is 2.44. The van der Waals surface area contributed by atoms with Crippen LogP contribution >= 0.6 is 0 Å². The molecule has 2 aliphatic heterocycles. The minimum atomic E-state index is -0.0270. The van der Waals surface area contributed by atoms with Gasteiger partial charge in [0.15, 0.2) is 0 Å². The molecule has 0 N–H and O–H groups in total. The van der Waals surface area contributed by atoms with Crippen molar-refractivity contribution in [3.8, 4) is 0 Å². The fourth-order valence-corrected chi connectivity index (χ4v) is 5.76. The molecule has 0 bridgehead atoms. The number of benzene rings is 2. The smallest absolute Gasteiger partial charge is 0.127 e. The second-order valence-corrected chi connectivity index (χ2v) is 9.30. The Labute approximate surface area is 178 Å². The number of ether oxygens (including phenoxy) is 1. The average Bonchev–Trinajstić information content (AvgIpc) is 3.48. The number of rotatable bonds is 4. The SMILES string of the molecule is Fc1cc2c(cc1C1CCOCC1)CN(C(C1=CC=CC3CC13)c1ccccc1)C2. The third kappa shape index (κ3) is 3.25. The first kappa shape index (κ1) is 18.5. The van der Waals surface area contributed by atoms with Crippen molar-refractivity contribution in [3.05, 3.63) is 94.3 Å². The molecule has 0 amide bonds. The lowest BCUT2D eigenvalue weighted by Gasteiger charge is -2.31. The van der Waals surface area contributed by atoms with Gasteiger partial charge in [0.2, 0.25) is 0 Å². The molecule has 2 aromatic rings. The molecule has 2 fully saturated rings. The van der Waals surface area contributed by atoms with Crippen LogP contribution in [-0.4, -0.2) is 18.1 Å². The summed E-state index contributed by atoms with van der Waals surface area (Å²) in [6.45, 7) is 3.20. The van der Waals surface area contributed by atoms with Gasteiger partial charge in [-0.3, -0.25) is 4.90 Å². The van der Waals surface area contributed by atoms with Crippen molar-refractivity contribution in [2.75, 3.05) is 13.2 Å². The molecule has 0 radical (unpaired) electrons. The van der Waals surface area contributed by atoms with E-state index < -0.39 is 0 Å². The molecule has 1 saturated heterocycles. The molecule has 6 rings (SSSR count).